The number of aromatic nitrogens is 2. The Hall–Kier alpha value is -1.83. The summed E-state index contributed by atoms with van der Waals surface area (Å²) in [6.07, 6.45) is 1.98. The number of pyridine rings is 1. The second kappa shape index (κ2) is 3.34. The number of nitrogens with zero attached hydrogens (tertiary/aromatic N) is 2. The quantitative estimate of drug-likeness (QED) is 0.601. The smallest absolute Gasteiger partial charge is 0.0677 e. The molecule has 0 radical (unpaired) electrons. The van der Waals surface area contributed by atoms with Crippen LogP contribution in [0.3, 0.4) is 0 Å². The van der Waals surface area contributed by atoms with Gasteiger partial charge in [-0.1, -0.05) is 18.2 Å². The Morgan fingerprint density at radius 2 is 1.94 bits per heavy atom. The van der Waals surface area contributed by atoms with Crippen LogP contribution < -0.4 is 0 Å². The average molecular weight is 210 g/mol. The molecule has 0 saturated heterocycles. The Bertz CT molecular complexity index is 665. The van der Waals surface area contributed by atoms with Crippen molar-refractivity contribution >= 4 is 21.8 Å². The van der Waals surface area contributed by atoms with E-state index in [4.69, 9.17) is 0 Å². The van der Waals surface area contributed by atoms with Gasteiger partial charge in [0.2, 0.25) is 0 Å². The summed E-state index contributed by atoms with van der Waals surface area (Å²) < 4.78 is 2.32. The molecule has 3 aromatic rings. The molecule has 2 nitrogen and oxygen atoms in total. The molecule has 2 aromatic heterocycles. The van der Waals surface area contributed by atoms with E-state index in [2.05, 4.69) is 46.8 Å². The molecule has 3 rings (SSSR count). The van der Waals surface area contributed by atoms with Crippen LogP contribution in [0.1, 0.15) is 12.6 Å². The zero-order valence-electron chi connectivity index (χ0n) is 9.57. The summed E-state index contributed by atoms with van der Waals surface area (Å²) in [6, 6.07) is 10.7. The summed E-state index contributed by atoms with van der Waals surface area (Å²) >= 11 is 0. The molecular formula is C14H14N2. The summed E-state index contributed by atoms with van der Waals surface area (Å²) in [5.41, 5.74) is 3.60. The van der Waals surface area contributed by atoms with Crippen molar-refractivity contribution in [2.45, 2.75) is 20.4 Å². The highest BCUT2D eigenvalue weighted by molar-refractivity contribution is 6.07. The average Bonchev–Trinajstić information content (AvgIpc) is 2.62. The summed E-state index contributed by atoms with van der Waals surface area (Å²) in [5, 5.41) is 2.63. The molecule has 0 N–H and O–H groups in total. The third-order valence-electron chi connectivity index (χ3n) is 3.11. The van der Waals surface area contributed by atoms with Crippen molar-refractivity contribution in [3.63, 3.8) is 0 Å². The Kier molecular flexibility index (Phi) is 1.96. The van der Waals surface area contributed by atoms with Gasteiger partial charge in [-0.05, 0) is 26.0 Å². The van der Waals surface area contributed by atoms with E-state index in [9.17, 15) is 0 Å². The fourth-order valence-electron chi connectivity index (χ4n) is 2.39. The zero-order valence-corrected chi connectivity index (χ0v) is 9.57. The monoisotopic (exact) mass is 210 g/mol. The van der Waals surface area contributed by atoms with Gasteiger partial charge in [0, 0.05) is 28.5 Å². The highest BCUT2D eigenvalue weighted by Gasteiger charge is 2.08. The lowest BCUT2D eigenvalue weighted by Gasteiger charge is -2.01. The zero-order chi connectivity index (χ0) is 11.1. The van der Waals surface area contributed by atoms with E-state index < -0.39 is 0 Å². The third-order valence-corrected chi connectivity index (χ3v) is 3.11. The first-order chi connectivity index (χ1) is 7.81. The van der Waals surface area contributed by atoms with Gasteiger partial charge in [-0.2, -0.15) is 0 Å². The van der Waals surface area contributed by atoms with Crippen LogP contribution in [0.5, 0.6) is 0 Å². The minimum Gasteiger partial charge on any atom is -0.339 e. The summed E-state index contributed by atoms with van der Waals surface area (Å²) in [6.45, 7) is 5.19. The molecular weight excluding hydrogens is 196 g/mol. The van der Waals surface area contributed by atoms with Crippen LogP contribution in [0, 0.1) is 6.92 Å². The molecule has 2 heterocycles. The molecule has 0 unspecified atom stereocenters. The first-order valence-electron chi connectivity index (χ1n) is 5.65. The SMILES string of the molecule is CCn1c2ccccc2c2cc(C)ncc21. The van der Waals surface area contributed by atoms with Crippen molar-refractivity contribution in [2.75, 3.05) is 0 Å². The van der Waals surface area contributed by atoms with Crippen LogP contribution in [0.25, 0.3) is 21.8 Å². The number of benzene rings is 1. The van der Waals surface area contributed by atoms with Crippen molar-refractivity contribution < 1.29 is 0 Å². The van der Waals surface area contributed by atoms with E-state index in [-0.39, 0.29) is 0 Å². The first kappa shape index (κ1) is 9.40. The van der Waals surface area contributed by atoms with E-state index >= 15 is 0 Å². The fraction of sp³-hybridized carbons (Fsp3) is 0.214. The minimum absolute atomic E-state index is 0.981. The molecule has 0 aliphatic carbocycles. The molecule has 0 bridgehead atoms. The van der Waals surface area contributed by atoms with E-state index in [1.165, 1.54) is 21.8 Å². The van der Waals surface area contributed by atoms with Crippen LogP contribution in [-0.2, 0) is 6.54 Å². The number of aryl methyl sites for hydroxylation is 2. The molecule has 80 valence electrons. The number of para-hydroxylation sites is 1. The second-order valence-corrected chi connectivity index (χ2v) is 4.10. The van der Waals surface area contributed by atoms with Crippen molar-refractivity contribution in [3.8, 4) is 0 Å². The van der Waals surface area contributed by atoms with Gasteiger partial charge in [-0.15, -0.1) is 0 Å². The number of hydrogen-bond donors (Lipinski definition) is 0. The van der Waals surface area contributed by atoms with Gasteiger partial charge in [0.05, 0.1) is 11.7 Å². The highest BCUT2D eigenvalue weighted by atomic mass is 15.0. The lowest BCUT2D eigenvalue weighted by molar-refractivity contribution is 0.825. The predicted molar refractivity (Wildman–Crippen MR) is 67.7 cm³/mol. The lowest BCUT2D eigenvalue weighted by Crippen LogP contribution is -1.93. The maximum Gasteiger partial charge on any atom is 0.0677 e. The molecule has 0 aliphatic rings. The van der Waals surface area contributed by atoms with Crippen molar-refractivity contribution in [1.82, 2.24) is 9.55 Å². The van der Waals surface area contributed by atoms with Crippen molar-refractivity contribution in [2.24, 2.45) is 0 Å². The number of rotatable bonds is 1. The predicted octanol–water partition coefficient (Wildman–Crippen LogP) is 3.52. The summed E-state index contributed by atoms with van der Waals surface area (Å²) in [5.74, 6) is 0. The summed E-state index contributed by atoms with van der Waals surface area (Å²) in [7, 11) is 0. The standard InChI is InChI=1S/C14H14N2/c1-3-16-13-7-5-4-6-11(13)12-8-10(2)15-9-14(12)16/h4-9H,3H2,1-2H3. The molecule has 0 aliphatic heterocycles. The largest absolute Gasteiger partial charge is 0.339 e. The Morgan fingerprint density at radius 3 is 2.75 bits per heavy atom. The molecule has 0 atom stereocenters. The van der Waals surface area contributed by atoms with Crippen LogP contribution >= 0.6 is 0 Å². The van der Waals surface area contributed by atoms with Gasteiger partial charge in [0.1, 0.15) is 0 Å². The van der Waals surface area contributed by atoms with Gasteiger partial charge in [0.25, 0.3) is 0 Å². The highest BCUT2D eigenvalue weighted by Crippen LogP contribution is 2.28. The van der Waals surface area contributed by atoms with Crippen molar-refractivity contribution in [1.29, 1.82) is 0 Å². The topological polar surface area (TPSA) is 17.8 Å². The van der Waals surface area contributed by atoms with Gasteiger partial charge >= 0.3 is 0 Å². The molecule has 0 spiro atoms. The van der Waals surface area contributed by atoms with E-state index in [0.29, 0.717) is 0 Å². The first-order valence-corrected chi connectivity index (χ1v) is 5.65. The Morgan fingerprint density at radius 1 is 1.12 bits per heavy atom. The molecule has 1 aromatic carbocycles. The van der Waals surface area contributed by atoms with Gasteiger partial charge < -0.3 is 4.57 Å². The van der Waals surface area contributed by atoms with E-state index in [1.54, 1.807) is 0 Å². The third kappa shape index (κ3) is 1.16. The maximum atomic E-state index is 4.39. The second-order valence-electron chi connectivity index (χ2n) is 4.10. The molecule has 0 amide bonds. The van der Waals surface area contributed by atoms with Crippen molar-refractivity contribution in [3.05, 3.63) is 42.2 Å². The fourth-order valence-corrected chi connectivity index (χ4v) is 2.39. The van der Waals surface area contributed by atoms with Crippen LogP contribution in [-0.4, -0.2) is 9.55 Å². The van der Waals surface area contributed by atoms with Gasteiger partial charge in [-0.25, -0.2) is 0 Å². The molecule has 16 heavy (non-hydrogen) atoms. The molecule has 2 heteroatoms. The lowest BCUT2D eigenvalue weighted by atomic mass is 10.2. The van der Waals surface area contributed by atoms with E-state index in [1.807, 2.05) is 13.1 Å². The van der Waals surface area contributed by atoms with Crippen LogP contribution in [0.2, 0.25) is 0 Å². The molecule has 0 saturated carbocycles. The number of fused-ring (bicyclic) bond motifs is 3. The normalized spacial score (nSPS) is 11.4. The number of hydrogen-bond acceptors (Lipinski definition) is 1. The minimum atomic E-state index is 0.981. The van der Waals surface area contributed by atoms with Crippen LogP contribution in [0.4, 0.5) is 0 Å². The summed E-state index contributed by atoms with van der Waals surface area (Å²) in [4.78, 5) is 4.39. The van der Waals surface area contributed by atoms with E-state index in [0.717, 1.165) is 12.2 Å². The van der Waals surface area contributed by atoms with Crippen LogP contribution in [0.15, 0.2) is 36.5 Å². The van der Waals surface area contributed by atoms with Gasteiger partial charge in [-0.3, -0.25) is 4.98 Å². The maximum absolute atomic E-state index is 4.39. The Labute approximate surface area is 94.5 Å². The Balaban J connectivity index is 2.59. The molecule has 0 fully saturated rings. The van der Waals surface area contributed by atoms with Gasteiger partial charge in [0.15, 0.2) is 0 Å².